The van der Waals surface area contributed by atoms with Crippen molar-refractivity contribution in [1.82, 2.24) is 15.1 Å². The van der Waals surface area contributed by atoms with Gasteiger partial charge in [-0.2, -0.15) is 5.10 Å². The smallest absolute Gasteiger partial charge is 0.0596 e. The number of aromatic nitrogens is 2. The van der Waals surface area contributed by atoms with Gasteiger partial charge in [-0.1, -0.05) is 26.7 Å². The molecule has 1 N–H and O–H groups in total. The van der Waals surface area contributed by atoms with Crippen molar-refractivity contribution < 1.29 is 0 Å². The molecule has 0 radical (unpaired) electrons. The van der Waals surface area contributed by atoms with E-state index in [1.54, 1.807) is 0 Å². The van der Waals surface area contributed by atoms with Gasteiger partial charge in [0.15, 0.2) is 0 Å². The number of nitrogens with zero attached hydrogens (tertiary/aromatic N) is 2. The summed E-state index contributed by atoms with van der Waals surface area (Å²) in [5.74, 6) is 1.77. The molecule has 114 valence electrons. The van der Waals surface area contributed by atoms with Crippen molar-refractivity contribution in [2.75, 3.05) is 6.54 Å². The molecule has 3 nitrogen and oxygen atoms in total. The molecule has 1 aromatic rings. The van der Waals surface area contributed by atoms with E-state index in [4.69, 9.17) is 0 Å². The molecule has 0 amide bonds. The summed E-state index contributed by atoms with van der Waals surface area (Å²) >= 11 is 0. The van der Waals surface area contributed by atoms with Crippen molar-refractivity contribution in [3.05, 3.63) is 17.5 Å². The minimum absolute atomic E-state index is 0.622. The molecule has 1 unspecified atom stereocenters. The standard InChI is InChI=1S/C17H31N3/c1-5-10-18-17(15-8-6-13(2)7-9-15)12-16-11-14(3)19-20(16)4/h11,13,15,17-18H,5-10,12H2,1-4H3. The number of rotatable bonds is 6. The Kier molecular flexibility index (Phi) is 5.64. The molecular weight excluding hydrogens is 246 g/mol. The van der Waals surface area contributed by atoms with Crippen molar-refractivity contribution in [3.8, 4) is 0 Å². The monoisotopic (exact) mass is 277 g/mol. The maximum atomic E-state index is 4.49. The lowest BCUT2D eigenvalue weighted by Gasteiger charge is -2.33. The SMILES string of the molecule is CCCNC(Cc1cc(C)nn1C)C1CCC(C)CC1. The predicted molar refractivity (Wildman–Crippen MR) is 84.9 cm³/mol. The van der Waals surface area contributed by atoms with Gasteiger partial charge in [0.2, 0.25) is 0 Å². The Morgan fingerprint density at radius 2 is 2.05 bits per heavy atom. The largest absolute Gasteiger partial charge is 0.313 e. The van der Waals surface area contributed by atoms with Gasteiger partial charge in [-0.05, 0) is 50.6 Å². The first kappa shape index (κ1) is 15.6. The number of hydrogen-bond acceptors (Lipinski definition) is 2. The zero-order valence-electron chi connectivity index (χ0n) is 13.7. The molecule has 20 heavy (non-hydrogen) atoms. The number of hydrogen-bond donors (Lipinski definition) is 1. The molecule has 3 heteroatoms. The lowest BCUT2D eigenvalue weighted by molar-refractivity contribution is 0.227. The average Bonchev–Trinajstić information content (AvgIpc) is 2.74. The third-order valence-electron chi connectivity index (χ3n) is 4.81. The van der Waals surface area contributed by atoms with E-state index in [1.807, 2.05) is 0 Å². The summed E-state index contributed by atoms with van der Waals surface area (Å²) in [5.41, 5.74) is 2.50. The molecule has 1 saturated carbocycles. The first-order valence-corrected chi connectivity index (χ1v) is 8.33. The van der Waals surface area contributed by atoms with Crippen LogP contribution in [0.25, 0.3) is 0 Å². The van der Waals surface area contributed by atoms with Crippen LogP contribution in [0, 0.1) is 18.8 Å². The van der Waals surface area contributed by atoms with Crippen LogP contribution >= 0.6 is 0 Å². The van der Waals surface area contributed by atoms with Crippen LogP contribution < -0.4 is 5.32 Å². The van der Waals surface area contributed by atoms with Gasteiger partial charge in [-0.25, -0.2) is 0 Å². The summed E-state index contributed by atoms with van der Waals surface area (Å²) in [6.07, 6.45) is 7.91. The molecule has 2 rings (SSSR count). The fourth-order valence-electron chi connectivity index (χ4n) is 3.50. The van der Waals surface area contributed by atoms with E-state index in [9.17, 15) is 0 Å². The Bertz CT molecular complexity index is 402. The van der Waals surface area contributed by atoms with Crippen molar-refractivity contribution >= 4 is 0 Å². The van der Waals surface area contributed by atoms with Crippen LogP contribution in [0.5, 0.6) is 0 Å². The Balaban J connectivity index is 2.01. The molecule has 1 aromatic heterocycles. The molecule has 0 aromatic carbocycles. The van der Waals surface area contributed by atoms with E-state index in [0.717, 1.165) is 30.5 Å². The van der Waals surface area contributed by atoms with Gasteiger partial charge in [-0.15, -0.1) is 0 Å². The summed E-state index contributed by atoms with van der Waals surface area (Å²) in [4.78, 5) is 0. The van der Waals surface area contributed by atoms with E-state index in [-0.39, 0.29) is 0 Å². The highest BCUT2D eigenvalue weighted by Gasteiger charge is 2.26. The van der Waals surface area contributed by atoms with Crippen LogP contribution in [-0.4, -0.2) is 22.4 Å². The third-order valence-corrected chi connectivity index (χ3v) is 4.81. The Morgan fingerprint density at radius 3 is 2.60 bits per heavy atom. The highest BCUT2D eigenvalue weighted by Crippen LogP contribution is 2.31. The van der Waals surface area contributed by atoms with Crippen LogP contribution in [0.4, 0.5) is 0 Å². The molecule has 0 aliphatic heterocycles. The molecule has 1 atom stereocenters. The van der Waals surface area contributed by atoms with Crippen molar-refractivity contribution in [2.45, 2.75) is 65.3 Å². The van der Waals surface area contributed by atoms with Gasteiger partial charge < -0.3 is 5.32 Å². The molecule has 1 heterocycles. The minimum Gasteiger partial charge on any atom is -0.313 e. The molecule has 1 fully saturated rings. The molecule has 1 aliphatic rings. The van der Waals surface area contributed by atoms with Crippen LogP contribution in [0.2, 0.25) is 0 Å². The minimum atomic E-state index is 0.622. The maximum Gasteiger partial charge on any atom is 0.0596 e. The Morgan fingerprint density at radius 1 is 1.35 bits per heavy atom. The number of aryl methyl sites for hydroxylation is 2. The normalized spacial score (nSPS) is 24.8. The van der Waals surface area contributed by atoms with E-state index in [2.05, 4.69) is 49.0 Å². The maximum absolute atomic E-state index is 4.49. The zero-order valence-corrected chi connectivity index (χ0v) is 13.7. The van der Waals surface area contributed by atoms with Gasteiger partial charge in [-0.3, -0.25) is 4.68 Å². The molecule has 0 saturated heterocycles. The summed E-state index contributed by atoms with van der Waals surface area (Å²) < 4.78 is 2.06. The quantitative estimate of drug-likeness (QED) is 0.863. The topological polar surface area (TPSA) is 29.9 Å². The lowest BCUT2D eigenvalue weighted by Crippen LogP contribution is -2.40. The highest BCUT2D eigenvalue weighted by atomic mass is 15.3. The second kappa shape index (κ2) is 7.26. The summed E-state index contributed by atoms with van der Waals surface area (Å²) in [5, 5.41) is 8.29. The van der Waals surface area contributed by atoms with E-state index >= 15 is 0 Å². The lowest BCUT2D eigenvalue weighted by atomic mass is 9.78. The van der Waals surface area contributed by atoms with Gasteiger partial charge >= 0.3 is 0 Å². The van der Waals surface area contributed by atoms with Crippen molar-refractivity contribution in [3.63, 3.8) is 0 Å². The van der Waals surface area contributed by atoms with Crippen LogP contribution in [0.3, 0.4) is 0 Å². The second-order valence-corrected chi connectivity index (χ2v) is 6.69. The molecule has 0 bridgehead atoms. The first-order valence-electron chi connectivity index (χ1n) is 8.33. The van der Waals surface area contributed by atoms with Gasteiger partial charge in [0, 0.05) is 25.2 Å². The van der Waals surface area contributed by atoms with E-state index < -0.39 is 0 Å². The van der Waals surface area contributed by atoms with Crippen molar-refractivity contribution in [2.24, 2.45) is 18.9 Å². The fourth-order valence-corrected chi connectivity index (χ4v) is 3.50. The molecule has 1 aliphatic carbocycles. The predicted octanol–water partition coefficient (Wildman–Crippen LogP) is 3.47. The van der Waals surface area contributed by atoms with Crippen LogP contribution in [0.15, 0.2) is 6.07 Å². The van der Waals surface area contributed by atoms with Gasteiger partial charge in [0.05, 0.1) is 5.69 Å². The average molecular weight is 277 g/mol. The number of nitrogens with one attached hydrogen (secondary N) is 1. The summed E-state index contributed by atoms with van der Waals surface area (Å²) in [6, 6.07) is 2.86. The first-order chi connectivity index (χ1) is 9.60. The second-order valence-electron chi connectivity index (χ2n) is 6.69. The van der Waals surface area contributed by atoms with Crippen LogP contribution in [-0.2, 0) is 13.5 Å². The Hall–Kier alpha value is -0.830. The van der Waals surface area contributed by atoms with E-state index in [1.165, 1.54) is 37.8 Å². The zero-order chi connectivity index (χ0) is 14.5. The fraction of sp³-hybridized carbons (Fsp3) is 0.824. The van der Waals surface area contributed by atoms with Crippen LogP contribution in [0.1, 0.15) is 57.3 Å². The van der Waals surface area contributed by atoms with E-state index in [0.29, 0.717) is 6.04 Å². The summed E-state index contributed by atoms with van der Waals surface area (Å²) in [7, 11) is 2.07. The molecular formula is C17H31N3. The van der Waals surface area contributed by atoms with Gasteiger partial charge in [0.25, 0.3) is 0 Å². The third kappa shape index (κ3) is 4.08. The molecule has 0 spiro atoms. The van der Waals surface area contributed by atoms with Gasteiger partial charge in [0.1, 0.15) is 0 Å². The summed E-state index contributed by atoms with van der Waals surface area (Å²) in [6.45, 7) is 7.87. The highest BCUT2D eigenvalue weighted by molar-refractivity contribution is 5.10. The Labute approximate surface area is 124 Å². The van der Waals surface area contributed by atoms with Crippen molar-refractivity contribution in [1.29, 1.82) is 0 Å².